The molecule has 1 rings (SSSR count). The van der Waals surface area contributed by atoms with Gasteiger partial charge in [-0.25, -0.2) is 0 Å². The van der Waals surface area contributed by atoms with E-state index in [1.807, 2.05) is 0 Å². The summed E-state index contributed by atoms with van der Waals surface area (Å²) in [6, 6.07) is 1.43. The van der Waals surface area contributed by atoms with Gasteiger partial charge in [0.1, 0.15) is 11.3 Å². The van der Waals surface area contributed by atoms with Gasteiger partial charge in [0.25, 0.3) is 5.69 Å². The highest BCUT2D eigenvalue weighted by Gasteiger charge is 2.20. The van der Waals surface area contributed by atoms with E-state index in [-0.39, 0.29) is 12.1 Å². The summed E-state index contributed by atoms with van der Waals surface area (Å²) >= 11 is 0. The highest BCUT2D eigenvalue weighted by Crippen LogP contribution is 2.20. The van der Waals surface area contributed by atoms with Gasteiger partial charge < -0.3 is 4.74 Å². The van der Waals surface area contributed by atoms with Crippen LogP contribution < -0.4 is 0 Å². The van der Waals surface area contributed by atoms with E-state index in [0.29, 0.717) is 17.0 Å². The second kappa shape index (κ2) is 5.34. The molecule has 0 spiro atoms. The van der Waals surface area contributed by atoms with Crippen LogP contribution in [0.15, 0.2) is 6.07 Å². The van der Waals surface area contributed by atoms with Gasteiger partial charge in [-0.15, -0.1) is 0 Å². The predicted octanol–water partition coefficient (Wildman–Crippen LogP) is 2.49. The summed E-state index contributed by atoms with van der Waals surface area (Å²) in [5.41, 5.74) is 0.834. The van der Waals surface area contributed by atoms with Gasteiger partial charge in [0.05, 0.1) is 17.0 Å². The van der Waals surface area contributed by atoms with Crippen molar-refractivity contribution in [1.29, 1.82) is 0 Å². The van der Waals surface area contributed by atoms with Gasteiger partial charge in [-0.1, -0.05) is 0 Å². The Bertz CT molecular complexity index is 518. The molecule has 6 nitrogen and oxygen atoms in total. The van der Waals surface area contributed by atoms with E-state index in [2.05, 4.69) is 4.98 Å². The molecule has 0 amide bonds. The summed E-state index contributed by atoms with van der Waals surface area (Å²) in [5, 5.41) is 10.8. The number of hydrogen-bond donors (Lipinski definition) is 0. The van der Waals surface area contributed by atoms with Crippen LogP contribution in [0.25, 0.3) is 0 Å². The average molecular weight is 266 g/mol. The zero-order valence-electron chi connectivity index (χ0n) is 11.8. The summed E-state index contributed by atoms with van der Waals surface area (Å²) < 4.78 is 5.20. The number of esters is 1. The fraction of sp³-hybridized carbons (Fsp3) is 0.538. The van der Waals surface area contributed by atoms with Crippen molar-refractivity contribution in [3.8, 4) is 0 Å². The molecule has 1 heterocycles. The second-order valence-electron chi connectivity index (χ2n) is 5.38. The molecule has 0 aliphatic carbocycles. The Hall–Kier alpha value is -1.98. The predicted molar refractivity (Wildman–Crippen MR) is 69.9 cm³/mol. The number of hydrogen-bond acceptors (Lipinski definition) is 5. The van der Waals surface area contributed by atoms with E-state index >= 15 is 0 Å². The Kier molecular flexibility index (Phi) is 4.24. The molecule has 0 radical (unpaired) electrons. The smallest absolute Gasteiger partial charge is 0.312 e. The molecule has 0 aromatic carbocycles. The standard InChI is InChI=1S/C13H18N2O4/c1-8-6-11(15(17)18)9(2)14-10(8)7-12(16)19-13(3,4)5/h6H,7H2,1-5H3. The van der Waals surface area contributed by atoms with Gasteiger partial charge in [-0.05, 0) is 40.2 Å². The lowest BCUT2D eigenvalue weighted by atomic mass is 10.1. The van der Waals surface area contributed by atoms with E-state index < -0.39 is 16.5 Å². The number of aryl methyl sites for hydroxylation is 2. The minimum absolute atomic E-state index is 0.0158. The maximum Gasteiger partial charge on any atom is 0.312 e. The van der Waals surface area contributed by atoms with E-state index in [4.69, 9.17) is 4.74 Å². The molecule has 0 fully saturated rings. The van der Waals surface area contributed by atoms with Crippen molar-refractivity contribution in [2.75, 3.05) is 0 Å². The normalized spacial score (nSPS) is 11.2. The van der Waals surface area contributed by atoms with Gasteiger partial charge in [0.2, 0.25) is 0 Å². The minimum Gasteiger partial charge on any atom is -0.460 e. The number of carbonyl (C=O) groups excluding carboxylic acids is 1. The van der Waals surface area contributed by atoms with E-state index in [1.54, 1.807) is 34.6 Å². The van der Waals surface area contributed by atoms with E-state index in [1.165, 1.54) is 6.07 Å². The summed E-state index contributed by atoms with van der Waals surface area (Å²) in [4.78, 5) is 26.1. The van der Waals surface area contributed by atoms with Crippen molar-refractivity contribution < 1.29 is 14.5 Å². The van der Waals surface area contributed by atoms with Crippen LogP contribution >= 0.6 is 0 Å². The summed E-state index contributed by atoms with van der Waals surface area (Å²) in [5.74, 6) is -0.392. The molecular formula is C13H18N2O4. The van der Waals surface area contributed by atoms with Crippen molar-refractivity contribution in [2.24, 2.45) is 0 Å². The van der Waals surface area contributed by atoms with Crippen molar-refractivity contribution in [1.82, 2.24) is 4.98 Å². The van der Waals surface area contributed by atoms with Crippen LogP contribution in [-0.2, 0) is 16.0 Å². The van der Waals surface area contributed by atoms with Crippen molar-refractivity contribution in [2.45, 2.75) is 46.6 Å². The molecule has 0 atom stereocenters. The van der Waals surface area contributed by atoms with Crippen molar-refractivity contribution in [3.63, 3.8) is 0 Å². The van der Waals surface area contributed by atoms with E-state index in [9.17, 15) is 14.9 Å². The Morgan fingerprint density at radius 1 is 1.42 bits per heavy atom. The van der Waals surface area contributed by atoms with Gasteiger partial charge in [0, 0.05) is 6.07 Å². The highest BCUT2D eigenvalue weighted by atomic mass is 16.6. The monoisotopic (exact) mass is 266 g/mol. The average Bonchev–Trinajstić information content (AvgIpc) is 2.19. The topological polar surface area (TPSA) is 82.3 Å². The fourth-order valence-electron chi connectivity index (χ4n) is 1.62. The van der Waals surface area contributed by atoms with Crippen LogP contribution in [0.1, 0.15) is 37.7 Å². The Morgan fingerprint density at radius 3 is 2.47 bits per heavy atom. The maximum absolute atomic E-state index is 11.7. The van der Waals surface area contributed by atoms with Crippen LogP contribution in [0.5, 0.6) is 0 Å². The zero-order valence-corrected chi connectivity index (χ0v) is 11.8. The lowest BCUT2D eigenvalue weighted by Gasteiger charge is -2.19. The van der Waals surface area contributed by atoms with Crippen molar-refractivity contribution in [3.05, 3.63) is 33.1 Å². The van der Waals surface area contributed by atoms with Crippen LogP contribution in [0.3, 0.4) is 0 Å². The number of carbonyl (C=O) groups is 1. The molecule has 0 aliphatic rings. The number of nitrogens with zero attached hydrogens (tertiary/aromatic N) is 2. The first kappa shape index (κ1) is 15.1. The lowest BCUT2D eigenvalue weighted by Crippen LogP contribution is -2.25. The molecule has 104 valence electrons. The van der Waals surface area contributed by atoms with Crippen LogP contribution in [-0.4, -0.2) is 21.5 Å². The maximum atomic E-state index is 11.7. The highest BCUT2D eigenvalue weighted by molar-refractivity contribution is 5.73. The van der Waals surface area contributed by atoms with E-state index in [0.717, 1.165) is 0 Å². The Morgan fingerprint density at radius 2 is 2.00 bits per heavy atom. The van der Waals surface area contributed by atoms with Crippen LogP contribution in [0.4, 0.5) is 5.69 Å². The first-order valence-corrected chi connectivity index (χ1v) is 5.93. The first-order valence-electron chi connectivity index (χ1n) is 5.93. The largest absolute Gasteiger partial charge is 0.460 e. The quantitative estimate of drug-likeness (QED) is 0.477. The molecule has 0 aliphatic heterocycles. The molecule has 6 heteroatoms. The van der Waals surface area contributed by atoms with Gasteiger partial charge in [-0.3, -0.25) is 19.9 Å². The molecule has 1 aromatic rings. The van der Waals surface area contributed by atoms with Gasteiger partial charge >= 0.3 is 5.97 Å². The number of pyridine rings is 1. The zero-order chi connectivity index (χ0) is 14.8. The molecule has 0 saturated heterocycles. The molecule has 0 bridgehead atoms. The van der Waals surface area contributed by atoms with Gasteiger partial charge in [-0.2, -0.15) is 0 Å². The third kappa shape index (κ3) is 4.31. The minimum atomic E-state index is -0.555. The Balaban J connectivity index is 2.95. The molecule has 0 unspecified atom stereocenters. The summed E-state index contributed by atoms with van der Waals surface area (Å²) in [6.45, 7) is 8.60. The molecule has 19 heavy (non-hydrogen) atoms. The number of ether oxygens (including phenoxy) is 1. The summed E-state index contributed by atoms with van der Waals surface area (Å²) in [6.07, 6.45) is 0.0158. The summed E-state index contributed by atoms with van der Waals surface area (Å²) in [7, 11) is 0. The SMILES string of the molecule is Cc1cc([N+](=O)[O-])c(C)nc1CC(=O)OC(C)(C)C. The number of aromatic nitrogens is 1. The lowest BCUT2D eigenvalue weighted by molar-refractivity contribution is -0.385. The molecule has 1 aromatic heterocycles. The van der Waals surface area contributed by atoms with Crippen LogP contribution in [0, 0.1) is 24.0 Å². The molecular weight excluding hydrogens is 248 g/mol. The third-order valence-electron chi connectivity index (χ3n) is 2.41. The Labute approximate surface area is 111 Å². The third-order valence-corrected chi connectivity index (χ3v) is 2.41. The first-order chi connectivity index (χ1) is 8.60. The fourth-order valence-corrected chi connectivity index (χ4v) is 1.62. The molecule has 0 N–H and O–H groups in total. The van der Waals surface area contributed by atoms with Crippen LogP contribution in [0.2, 0.25) is 0 Å². The number of rotatable bonds is 3. The molecule has 0 saturated carbocycles. The van der Waals surface area contributed by atoms with Crippen molar-refractivity contribution >= 4 is 11.7 Å². The van der Waals surface area contributed by atoms with Gasteiger partial charge in [0.15, 0.2) is 0 Å². The second-order valence-corrected chi connectivity index (χ2v) is 5.38. The number of nitro groups is 1.